The summed E-state index contributed by atoms with van der Waals surface area (Å²) in [6.07, 6.45) is 95.7. The zero-order valence-corrected chi connectivity index (χ0v) is 58.3. The number of likely N-dealkylation sites (N-methyl/N-ethyl adjacent to an activating group) is 1. The molecule has 0 aromatic carbocycles. The van der Waals surface area contributed by atoms with Gasteiger partial charge >= 0.3 is 11.9 Å². The van der Waals surface area contributed by atoms with Crippen molar-refractivity contribution in [3.8, 4) is 0 Å². The summed E-state index contributed by atoms with van der Waals surface area (Å²) >= 11 is 0. The van der Waals surface area contributed by atoms with E-state index < -0.39 is 24.3 Å². The van der Waals surface area contributed by atoms with Gasteiger partial charge in [0.25, 0.3) is 0 Å². The van der Waals surface area contributed by atoms with Gasteiger partial charge < -0.3 is 33.3 Å². The van der Waals surface area contributed by atoms with Gasteiger partial charge in [0, 0.05) is 12.8 Å². The summed E-state index contributed by atoms with van der Waals surface area (Å²) in [6, 6.07) is 0. The van der Waals surface area contributed by atoms with Crippen LogP contribution in [0.25, 0.3) is 0 Å². The predicted octanol–water partition coefficient (Wildman–Crippen LogP) is 21.8. The molecule has 0 aliphatic carbocycles. The minimum absolute atomic E-state index is 0.143. The van der Waals surface area contributed by atoms with Gasteiger partial charge in [0.2, 0.25) is 0 Å². The van der Waals surface area contributed by atoms with Crippen LogP contribution in [0.4, 0.5) is 0 Å². The highest BCUT2D eigenvalue weighted by atomic mass is 16.7. The minimum atomic E-state index is -1.63. The molecule has 89 heavy (non-hydrogen) atoms. The number of esters is 2. The Kier molecular flexibility index (Phi) is 66.2. The molecule has 0 aliphatic rings. The van der Waals surface area contributed by atoms with Gasteiger partial charge in [-0.2, -0.15) is 0 Å². The van der Waals surface area contributed by atoms with Gasteiger partial charge in [0.15, 0.2) is 12.4 Å². The molecule has 0 N–H and O–H groups in total. The van der Waals surface area contributed by atoms with Crippen molar-refractivity contribution in [1.29, 1.82) is 0 Å². The van der Waals surface area contributed by atoms with Crippen LogP contribution in [0.2, 0.25) is 0 Å². The average Bonchev–Trinajstić information content (AvgIpc) is 3.64. The van der Waals surface area contributed by atoms with Crippen LogP contribution < -0.4 is 5.11 Å². The fourth-order valence-electron chi connectivity index (χ4n) is 10.1. The van der Waals surface area contributed by atoms with Crippen LogP contribution in [-0.2, 0) is 33.3 Å². The summed E-state index contributed by atoms with van der Waals surface area (Å²) < 4.78 is 22.8. The lowest BCUT2D eigenvalue weighted by atomic mass is 10.0. The van der Waals surface area contributed by atoms with Crippen LogP contribution in [0, 0.1) is 0 Å². The quantitative estimate of drug-likeness (QED) is 0.0195. The number of carbonyl (C=O) groups is 3. The summed E-state index contributed by atoms with van der Waals surface area (Å²) in [5.74, 6) is -2.28. The van der Waals surface area contributed by atoms with E-state index in [9.17, 15) is 19.5 Å². The first-order valence-corrected chi connectivity index (χ1v) is 36.7. The molecule has 9 heteroatoms. The Bertz CT molecular complexity index is 1880. The van der Waals surface area contributed by atoms with E-state index in [1.807, 2.05) is 21.1 Å². The predicted molar refractivity (Wildman–Crippen MR) is 380 cm³/mol. The maximum Gasteiger partial charge on any atom is 0.306 e. The van der Waals surface area contributed by atoms with E-state index in [1.54, 1.807) is 0 Å². The standard InChI is InChI=1S/C80H137NO8/c1-6-8-10-12-14-16-18-20-22-24-26-28-30-32-34-36-37-38-39-40-41-43-45-47-49-51-53-55-57-59-61-63-65-67-69-71-78(83)89-76(75-88-80(79(84)85)86-73-72-81(3,4)5)74-87-77(82)70-68-66-64-62-60-58-56-54-52-50-48-46-44-42-35-33-31-29-27-25-23-21-19-17-15-13-11-9-7-2/h8,10,14,16,19-22,25-28,32,34,37-38,40-41,45,47,76,80H,6-7,9,11-13,15,17-18,23-24,29-31,33,35-36,39,42-44,46,48-75H2,1-5H3/b10-8-,16-14-,21-19-,22-20-,27-25-,28-26-,34-32-,38-37-,41-40-,47-45-. The van der Waals surface area contributed by atoms with E-state index >= 15 is 0 Å². The summed E-state index contributed by atoms with van der Waals surface area (Å²) in [6.45, 7) is 4.64. The summed E-state index contributed by atoms with van der Waals surface area (Å²) in [7, 11) is 5.93. The molecule has 2 atom stereocenters. The van der Waals surface area contributed by atoms with Crippen molar-refractivity contribution < 1.29 is 42.9 Å². The Labute approximate surface area is 548 Å². The number of hydrogen-bond donors (Lipinski definition) is 0. The van der Waals surface area contributed by atoms with E-state index in [0.717, 1.165) is 103 Å². The van der Waals surface area contributed by atoms with E-state index in [1.165, 1.54) is 173 Å². The van der Waals surface area contributed by atoms with Gasteiger partial charge in [0.1, 0.15) is 13.2 Å². The van der Waals surface area contributed by atoms with Crippen LogP contribution >= 0.6 is 0 Å². The number of aliphatic carboxylic acids is 1. The zero-order valence-electron chi connectivity index (χ0n) is 58.3. The molecule has 0 spiro atoms. The lowest BCUT2D eigenvalue weighted by Crippen LogP contribution is -2.44. The molecule has 2 unspecified atom stereocenters. The number of ether oxygens (including phenoxy) is 4. The second-order valence-electron chi connectivity index (χ2n) is 25.5. The SMILES string of the molecule is CC/C=C\C/C=C\C/C=C\C/C=C\C/C=C\C/C=C\C/C=C\C/C=C\CCCCCCCCCCCCC(=O)OC(COC(=O)CCCCCCCCCCCCCCCCCCC/C=C\C/C=C\CCCCCCC)COC(OCC[N+](C)(C)C)C(=O)[O-]. The molecule has 0 aromatic rings. The Morgan fingerprint density at radius 1 is 0.348 bits per heavy atom. The highest BCUT2D eigenvalue weighted by molar-refractivity contribution is 5.70. The van der Waals surface area contributed by atoms with Crippen molar-refractivity contribution in [2.45, 2.75) is 322 Å². The Hall–Kier alpha value is -4.31. The molecular weight excluding hydrogens is 1100 g/mol. The van der Waals surface area contributed by atoms with Crippen LogP contribution in [0.3, 0.4) is 0 Å². The largest absolute Gasteiger partial charge is 0.545 e. The number of allylic oxidation sites excluding steroid dienone is 20. The molecule has 0 aliphatic heterocycles. The van der Waals surface area contributed by atoms with Crippen molar-refractivity contribution in [1.82, 2.24) is 0 Å². The number of carboxylic acids is 1. The fourth-order valence-corrected chi connectivity index (χ4v) is 10.1. The van der Waals surface area contributed by atoms with Crippen LogP contribution in [-0.4, -0.2) is 82.3 Å². The summed E-state index contributed by atoms with van der Waals surface area (Å²) in [5, 5.41) is 11.8. The summed E-state index contributed by atoms with van der Waals surface area (Å²) in [4.78, 5) is 37.5. The molecule has 0 heterocycles. The van der Waals surface area contributed by atoms with Gasteiger partial charge in [-0.15, -0.1) is 0 Å². The molecule has 0 bridgehead atoms. The van der Waals surface area contributed by atoms with Gasteiger partial charge in [-0.25, -0.2) is 0 Å². The smallest absolute Gasteiger partial charge is 0.306 e. The van der Waals surface area contributed by atoms with Crippen LogP contribution in [0.5, 0.6) is 0 Å². The Morgan fingerprint density at radius 2 is 0.640 bits per heavy atom. The first kappa shape index (κ1) is 84.7. The molecule has 0 saturated carbocycles. The molecule has 0 amide bonds. The van der Waals surface area contributed by atoms with E-state index in [4.69, 9.17) is 18.9 Å². The topological polar surface area (TPSA) is 111 Å². The normalized spacial score (nSPS) is 13.4. The van der Waals surface area contributed by atoms with Crippen molar-refractivity contribution in [3.63, 3.8) is 0 Å². The van der Waals surface area contributed by atoms with Crippen molar-refractivity contribution in [2.24, 2.45) is 0 Å². The van der Waals surface area contributed by atoms with E-state index in [-0.39, 0.29) is 38.6 Å². The number of rotatable bonds is 67. The molecule has 0 saturated heterocycles. The number of unbranched alkanes of at least 4 members (excludes halogenated alkanes) is 32. The molecule has 0 aromatic heterocycles. The first-order valence-electron chi connectivity index (χ1n) is 36.7. The first-order chi connectivity index (χ1) is 43.6. The lowest BCUT2D eigenvalue weighted by molar-refractivity contribution is -0.870. The molecule has 0 rings (SSSR count). The number of carbonyl (C=O) groups excluding carboxylic acids is 3. The van der Waals surface area contributed by atoms with Crippen molar-refractivity contribution in [3.05, 3.63) is 122 Å². The van der Waals surface area contributed by atoms with Gasteiger partial charge in [-0.3, -0.25) is 9.59 Å². The molecule has 0 radical (unpaired) electrons. The monoisotopic (exact) mass is 1240 g/mol. The lowest BCUT2D eigenvalue weighted by Gasteiger charge is -2.26. The van der Waals surface area contributed by atoms with Crippen molar-refractivity contribution in [2.75, 3.05) is 47.5 Å². The fraction of sp³-hybridized carbons (Fsp3) is 0.713. The molecule has 9 nitrogen and oxygen atoms in total. The van der Waals surface area contributed by atoms with E-state index in [0.29, 0.717) is 17.4 Å². The van der Waals surface area contributed by atoms with Crippen molar-refractivity contribution >= 4 is 17.9 Å². The van der Waals surface area contributed by atoms with Gasteiger partial charge in [-0.05, 0) is 109 Å². The maximum absolute atomic E-state index is 13.0. The third-order valence-electron chi connectivity index (χ3n) is 15.7. The zero-order chi connectivity index (χ0) is 64.7. The molecule has 0 fully saturated rings. The summed E-state index contributed by atoms with van der Waals surface area (Å²) in [5.41, 5.74) is 0. The van der Waals surface area contributed by atoms with E-state index in [2.05, 4.69) is 135 Å². The average molecular weight is 1240 g/mol. The third kappa shape index (κ3) is 71.0. The Morgan fingerprint density at radius 3 is 0.955 bits per heavy atom. The van der Waals surface area contributed by atoms with Gasteiger partial charge in [-0.1, -0.05) is 309 Å². The minimum Gasteiger partial charge on any atom is -0.545 e. The Balaban J connectivity index is 4.13. The van der Waals surface area contributed by atoms with Crippen LogP contribution in [0.15, 0.2) is 122 Å². The second-order valence-corrected chi connectivity index (χ2v) is 25.5. The van der Waals surface area contributed by atoms with Crippen LogP contribution in [0.1, 0.15) is 309 Å². The third-order valence-corrected chi connectivity index (χ3v) is 15.7. The highest BCUT2D eigenvalue weighted by Crippen LogP contribution is 2.17. The maximum atomic E-state index is 13.0. The number of carboxylic acid groups (broad SMARTS) is 1. The highest BCUT2D eigenvalue weighted by Gasteiger charge is 2.22. The molecule has 510 valence electrons. The number of nitrogens with zero attached hydrogens (tertiary/aromatic N) is 1. The second kappa shape index (κ2) is 69.6. The molecular formula is C80H137NO8. The number of quaternary nitrogens is 1. The van der Waals surface area contributed by atoms with Gasteiger partial charge in [0.05, 0.1) is 40.3 Å². The number of hydrogen-bond acceptors (Lipinski definition) is 8.